The molecule has 4 nitrogen and oxygen atoms in total. The number of allylic oxidation sites excluding steroid dienone is 2. The molecular weight excluding hydrogens is 394 g/mol. The maximum atomic E-state index is 10.3. The second kappa shape index (κ2) is 7.30. The first-order valence-corrected chi connectivity index (χ1v) is 12.6. The second-order valence-electron chi connectivity index (χ2n) is 11.4. The highest BCUT2D eigenvalue weighted by Gasteiger charge is 2.58. The van der Waals surface area contributed by atoms with Gasteiger partial charge < -0.3 is 15.0 Å². The van der Waals surface area contributed by atoms with Crippen molar-refractivity contribution < 1.29 is 5.11 Å². The van der Waals surface area contributed by atoms with Gasteiger partial charge in [-0.2, -0.15) is 0 Å². The molecule has 6 rings (SSSR count). The molecule has 2 aromatic rings. The standard InChI is InChI=1S/C28H37N3O/c1-27-12-10-20(32)15-19(27)8-9-21-22(27)11-13-28(2)23(21)14-18(16-29-3)26(28)31-17-30-24-6-4-5-7-25(24)31/h4-8,17,20-23,29,32H,9-16H2,1-3H3/t20-,21?,22?,23?,27-,28-/m0/s1. The minimum Gasteiger partial charge on any atom is -0.393 e. The van der Waals surface area contributed by atoms with E-state index in [2.05, 4.69) is 67.4 Å². The number of hydrogen-bond donors (Lipinski definition) is 2. The smallest absolute Gasteiger partial charge is 0.100 e. The van der Waals surface area contributed by atoms with Gasteiger partial charge in [-0.25, -0.2) is 4.98 Å². The van der Waals surface area contributed by atoms with Crippen LogP contribution in [0.4, 0.5) is 0 Å². The van der Waals surface area contributed by atoms with Gasteiger partial charge in [-0.15, -0.1) is 0 Å². The van der Waals surface area contributed by atoms with Crippen LogP contribution in [0, 0.1) is 28.6 Å². The summed E-state index contributed by atoms with van der Waals surface area (Å²) < 4.78 is 2.42. The normalized spacial score (nSPS) is 38.9. The van der Waals surface area contributed by atoms with E-state index in [1.807, 2.05) is 0 Å². The van der Waals surface area contributed by atoms with Crippen LogP contribution in [0.25, 0.3) is 16.7 Å². The molecule has 0 amide bonds. The number of rotatable bonds is 3. The van der Waals surface area contributed by atoms with Gasteiger partial charge in [0.1, 0.15) is 6.33 Å². The maximum absolute atomic E-state index is 10.3. The Bertz CT molecular complexity index is 1110. The summed E-state index contributed by atoms with van der Waals surface area (Å²) in [6.45, 7) is 6.02. The number of hydrogen-bond acceptors (Lipinski definition) is 3. The van der Waals surface area contributed by atoms with Crippen LogP contribution < -0.4 is 5.32 Å². The van der Waals surface area contributed by atoms with E-state index in [1.165, 1.54) is 36.9 Å². The Morgan fingerprint density at radius 1 is 1.09 bits per heavy atom. The van der Waals surface area contributed by atoms with Gasteiger partial charge in [0.15, 0.2) is 0 Å². The van der Waals surface area contributed by atoms with Crippen molar-refractivity contribution in [1.82, 2.24) is 14.9 Å². The van der Waals surface area contributed by atoms with Crippen molar-refractivity contribution in [3.63, 3.8) is 0 Å². The zero-order valence-electron chi connectivity index (χ0n) is 19.8. The highest BCUT2D eigenvalue weighted by atomic mass is 16.3. The molecule has 0 spiro atoms. The van der Waals surface area contributed by atoms with E-state index in [9.17, 15) is 5.11 Å². The van der Waals surface area contributed by atoms with Crippen molar-refractivity contribution in [2.24, 2.45) is 28.6 Å². The van der Waals surface area contributed by atoms with E-state index in [4.69, 9.17) is 4.98 Å². The molecule has 2 saturated carbocycles. The number of nitrogens with one attached hydrogen (secondary N) is 1. The minimum atomic E-state index is -0.128. The van der Waals surface area contributed by atoms with Gasteiger partial charge in [0, 0.05) is 17.7 Å². The first-order valence-electron chi connectivity index (χ1n) is 12.6. The molecule has 0 saturated heterocycles. The minimum absolute atomic E-state index is 0.128. The number of fused-ring (bicyclic) bond motifs is 6. The van der Waals surface area contributed by atoms with Crippen LogP contribution in [0.1, 0.15) is 58.8 Å². The predicted octanol–water partition coefficient (Wildman–Crippen LogP) is 5.40. The molecule has 32 heavy (non-hydrogen) atoms. The Kier molecular flexibility index (Phi) is 4.71. The Labute approximate surface area is 191 Å². The maximum Gasteiger partial charge on any atom is 0.100 e. The highest BCUT2D eigenvalue weighted by molar-refractivity contribution is 5.81. The van der Waals surface area contributed by atoms with Gasteiger partial charge in [-0.1, -0.05) is 37.6 Å². The fourth-order valence-electron chi connectivity index (χ4n) is 8.35. The number of nitrogens with zero attached hydrogens (tertiary/aromatic N) is 2. The number of aliphatic hydroxyl groups is 1. The number of para-hydroxylation sites is 2. The Morgan fingerprint density at radius 3 is 2.75 bits per heavy atom. The zero-order valence-corrected chi connectivity index (χ0v) is 19.8. The third-order valence-corrected chi connectivity index (χ3v) is 9.89. The van der Waals surface area contributed by atoms with Crippen LogP contribution in [0.5, 0.6) is 0 Å². The molecule has 1 heterocycles. The fourth-order valence-corrected chi connectivity index (χ4v) is 8.35. The number of imidazole rings is 1. The average molecular weight is 432 g/mol. The van der Waals surface area contributed by atoms with E-state index >= 15 is 0 Å². The van der Waals surface area contributed by atoms with E-state index in [0.717, 1.165) is 43.2 Å². The third-order valence-electron chi connectivity index (χ3n) is 9.89. The highest BCUT2D eigenvalue weighted by Crippen LogP contribution is 2.66. The third kappa shape index (κ3) is 2.78. The van der Waals surface area contributed by atoms with E-state index in [-0.39, 0.29) is 16.9 Å². The van der Waals surface area contributed by atoms with Crippen LogP contribution in [-0.2, 0) is 0 Å². The van der Waals surface area contributed by atoms with Gasteiger partial charge in [0.05, 0.1) is 17.1 Å². The first-order chi connectivity index (χ1) is 15.5. The average Bonchev–Trinajstić information content (AvgIpc) is 3.32. The lowest BCUT2D eigenvalue weighted by Crippen LogP contribution is -2.50. The second-order valence-corrected chi connectivity index (χ2v) is 11.4. The fraction of sp³-hybridized carbons (Fsp3) is 0.607. The molecule has 0 bridgehead atoms. The Hall–Kier alpha value is -1.91. The van der Waals surface area contributed by atoms with Crippen LogP contribution in [-0.4, -0.2) is 34.4 Å². The summed E-state index contributed by atoms with van der Waals surface area (Å²) in [5.74, 6) is 2.17. The molecule has 1 aromatic heterocycles. The number of likely N-dealkylation sites (N-methyl/N-ethyl adjacent to an activating group) is 1. The molecule has 4 heteroatoms. The van der Waals surface area contributed by atoms with Crippen LogP contribution in [0.15, 0.2) is 47.8 Å². The molecule has 4 aliphatic rings. The molecule has 170 valence electrons. The lowest BCUT2D eigenvalue weighted by Gasteiger charge is -2.57. The summed E-state index contributed by atoms with van der Waals surface area (Å²) in [6, 6.07) is 8.57. The Balaban J connectivity index is 1.42. The van der Waals surface area contributed by atoms with E-state index < -0.39 is 0 Å². The summed E-state index contributed by atoms with van der Waals surface area (Å²) in [6.07, 6.45) is 12.4. The van der Waals surface area contributed by atoms with Crippen molar-refractivity contribution in [3.05, 3.63) is 47.8 Å². The van der Waals surface area contributed by atoms with Gasteiger partial charge in [-0.3, -0.25) is 0 Å². The van der Waals surface area contributed by atoms with Crippen LogP contribution >= 0.6 is 0 Å². The van der Waals surface area contributed by atoms with Crippen molar-refractivity contribution in [3.8, 4) is 0 Å². The van der Waals surface area contributed by atoms with Crippen molar-refractivity contribution in [2.45, 2.75) is 64.9 Å². The molecule has 1 aromatic carbocycles. The van der Waals surface area contributed by atoms with Crippen molar-refractivity contribution in [2.75, 3.05) is 13.6 Å². The first kappa shape index (κ1) is 20.7. The quantitative estimate of drug-likeness (QED) is 0.640. The number of aromatic nitrogens is 2. The molecule has 2 fully saturated rings. The van der Waals surface area contributed by atoms with E-state index in [0.29, 0.717) is 5.92 Å². The van der Waals surface area contributed by atoms with Gasteiger partial charge >= 0.3 is 0 Å². The van der Waals surface area contributed by atoms with E-state index in [1.54, 1.807) is 11.1 Å². The predicted molar refractivity (Wildman–Crippen MR) is 130 cm³/mol. The van der Waals surface area contributed by atoms with Crippen LogP contribution in [0.3, 0.4) is 0 Å². The summed E-state index contributed by atoms with van der Waals surface area (Å²) in [5, 5.41) is 13.8. The van der Waals surface area contributed by atoms with Gasteiger partial charge in [0.2, 0.25) is 0 Å². The summed E-state index contributed by atoms with van der Waals surface area (Å²) in [7, 11) is 2.08. The molecule has 3 unspecified atom stereocenters. The molecule has 4 aliphatic carbocycles. The Morgan fingerprint density at radius 2 is 1.91 bits per heavy atom. The summed E-state index contributed by atoms with van der Waals surface area (Å²) in [5.41, 5.74) is 7.44. The molecular formula is C28H37N3O. The zero-order chi connectivity index (χ0) is 22.1. The van der Waals surface area contributed by atoms with Gasteiger partial charge in [-0.05, 0) is 92.9 Å². The molecule has 6 atom stereocenters. The summed E-state index contributed by atoms with van der Waals surface area (Å²) in [4.78, 5) is 4.76. The van der Waals surface area contributed by atoms with Crippen LogP contribution in [0.2, 0.25) is 0 Å². The lowest BCUT2D eigenvalue weighted by atomic mass is 9.48. The number of benzene rings is 1. The van der Waals surface area contributed by atoms with Crippen molar-refractivity contribution in [1.29, 1.82) is 0 Å². The van der Waals surface area contributed by atoms with Gasteiger partial charge in [0.25, 0.3) is 0 Å². The largest absolute Gasteiger partial charge is 0.393 e. The SMILES string of the molecule is CNCC1=C(n2cnc3ccccc32)[C@@]2(C)CCC3C(CC=C4C[C@@H](O)CC[C@@]43C)C2C1. The monoisotopic (exact) mass is 431 g/mol. The molecule has 0 aliphatic heterocycles. The topological polar surface area (TPSA) is 50.1 Å². The summed E-state index contributed by atoms with van der Waals surface area (Å²) >= 11 is 0. The molecule has 2 N–H and O–H groups in total. The lowest BCUT2D eigenvalue weighted by molar-refractivity contribution is -0.0252. The molecule has 0 radical (unpaired) electrons. The number of aliphatic hydroxyl groups excluding tert-OH is 1. The van der Waals surface area contributed by atoms with Crippen molar-refractivity contribution >= 4 is 16.7 Å².